The maximum Gasteiger partial charge on any atom is 0.374 e. The van der Waals surface area contributed by atoms with Crippen LogP contribution < -0.4 is 38.2 Å². The lowest BCUT2D eigenvalue weighted by atomic mass is 10.1. The average molecular weight is 1140 g/mol. The number of benzene rings is 4. The van der Waals surface area contributed by atoms with Gasteiger partial charge in [0.2, 0.25) is 23.1 Å². The molecule has 0 aliphatic carbocycles. The summed E-state index contributed by atoms with van der Waals surface area (Å²) in [6.07, 6.45) is 14.7. The van der Waals surface area contributed by atoms with Gasteiger partial charge in [-0.1, -0.05) is 96.4 Å². The van der Waals surface area contributed by atoms with Gasteiger partial charge >= 0.3 is 5.89 Å². The average Bonchev–Trinajstić information content (AvgIpc) is 4.15. The van der Waals surface area contributed by atoms with Crippen LogP contribution in [0.2, 0.25) is 0 Å². The number of amides is 1. The largest absolute Gasteiger partial charge is 1.00 e. The van der Waals surface area contributed by atoms with Crippen molar-refractivity contribution in [3.05, 3.63) is 174 Å². The van der Waals surface area contributed by atoms with Gasteiger partial charge in [-0.3, -0.25) is 19.1 Å². The number of hydrogen-bond donors (Lipinski definition) is 2. The van der Waals surface area contributed by atoms with Crippen molar-refractivity contribution in [3.63, 3.8) is 0 Å². The number of anilines is 1. The Kier molecular flexibility index (Phi) is 17.0. The summed E-state index contributed by atoms with van der Waals surface area (Å²) in [5.74, 6) is 2.96. The van der Waals surface area contributed by atoms with Crippen molar-refractivity contribution < 1.29 is 57.5 Å². The van der Waals surface area contributed by atoms with Crippen molar-refractivity contribution in [2.45, 2.75) is 32.2 Å². The van der Waals surface area contributed by atoms with Crippen LogP contribution in [0.15, 0.2) is 158 Å². The van der Waals surface area contributed by atoms with Crippen molar-refractivity contribution in [1.29, 1.82) is 0 Å². The van der Waals surface area contributed by atoms with E-state index < -0.39 is 0 Å². The number of thioether (sulfide) groups is 2. The first-order valence-corrected chi connectivity index (χ1v) is 25.5. The SMILES string of the molecule is CC(/C=C1\Oc2ccccc2N1C)=C\c1oc2ccccc2[n+]1C.CCN1C(=O)/C(=C\C=C\c2sc(=S)n(CC)c2O)SC1=S.O=C1/C(=C\C=C\c2sc3ccccc3c2O)Sc2ccccc21.[I-]. The van der Waals surface area contributed by atoms with E-state index >= 15 is 0 Å². The molecular weight excluding hydrogens is 1100 g/mol. The molecule has 1 saturated heterocycles. The van der Waals surface area contributed by atoms with E-state index in [-0.39, 0.29) is 41.5 Å². The second kappa shape index (κ2) is 22.9. The zero-order valence-corrected chi connectivity index (χ0v) is 45.0. The highest BCUT2D eigenvalue weighted by molar-refractivity contribution is 8.26. The molecule has 2 N–H and O–H groups in total. The molecule has 0 radical (unpaired) electrons. The summed E-state index contributed by atoms with van der Waals surface area (Å²) in [7, 11) is 4.01. The van der Waals surface area contributed by atoms with Gasteiger partial charge in [-0.25, -0.2) is 0 Å². The van der Waals surface area contributed by atoms with E-state index in [2.05, 4.69) is 12.1 Å². The summed E-state index contributed by atoms with van der Waals surface area (Å²) in [6, 6.07) is 31.4. The van der Waals surface area contributed by atoms with Gasteiger partial charge in [-0.05, 0) is 105 Å². The Balaban J connectivity index is 0.000000152. The first-order chi connectivity index (χ1) is 32.9. The summed E-state index contributed by atoms with van der Waals surface area (Å²) in [5, 5.41) is 21.1. The number of carbonyl (C=O) groups is 2. The van der Waals surface area contributed by atoms with Crippen molar-refractivity contribution in [2.75, 3.05) is 18.5 Å². The number of thiophene rings is 1. The van der Waals surface area contributed by atoms with Crippen LogP contribution in [0.4, 0.5) is 5.69 Å². The van der Waals surface area contributed by atoms with Gasteiger partial charge in [0.1, 0.15) is 17.1 Å². The maximum atomic E-state index is 12.3. The summed E-state index contributed by atoms with van der Waals surface area (Å²) < 4.78 is 17.8. The first-order valence-electron chi connectivity index (χ1n) is 21.4. The standard InChI is InChI=1S/C20H19N2O2.C19H12O2S2.C13H14N2O2S4.HI/c1-14(12-19-21(2)15-8-4-6-10-17(15)23-19)13-20-22(3)16-9-5-7-11-18(16)24-20;20-18-12-6-1-3-8-14(12)22-16(18)10-5-11-17-19(21)13-7-2-4-9-15(13)23-17;1-3-14-10(16)8(20-12(14)18)6-5-7-9-11(17)15(4-2)13(19)21-9;/h4-13H,1-3H3;1-11,20H;5-7,16H,3-4H2,1-2H3;1H/q+1;;;/p-1/b;10-5+,17-11+;6-5+,9-7+;. The lowest BCUT2D eigenvalue weighted by Gasteiger charge is -2.10. The molecule has 1 fully saturated rings. The fraction of sp³-hybridized carbons (Fsp3) is 0.135. The van der Waals surface area contributed by atoms with Crippen LogP contribution in [0.5, 0.6) is 17.4 Å². The van der Waals surface area contributed by atoms with Gasteiger partial charge in [0.15, 0.2) is 9.70 Å². The molecule has 10 rings (SSSR count). The normalized spacial score (nSPS) is 16.2. The zero-order chi connectivity index (χ0) is 48.1. The topological polar surface area (TPSA) is 112 Å². The van der Waals surface area contributed by atoms with Gasteiger partial charge in [0.25, 0.3) is 11.4 Å². The number of aromatic nitrogens is 2. The molecule has 7 aromatic rings. The molecule has 352 valence electrons. The third-order valence-corrected chi connectivity index (χ3v) is 15.8. The van der Waals surface area contributed by atoms with Crippen LogP contribution in [0, 0.1) is 3.95 Å². The number of nitrogens with zero attached hydrogens (tertiary/aromatic N) is 4. The lowest BCUT2D eigenvalue weighted by molar-refractivity contribution is -0.652. The smallest absolute Gasteiger partial charge is 0.374 e. The van der Waals surface area contributed by atoms with E-state index in [9.17, 15) is 19.8 Å². The molecule has 3 aliphatic rings. The number of allylic oxidation sites excluding steroid dienone is 7. The highest BCUT2D eigenvalue weighted by Crippen LogP contribution is 2.41. The number of carbonyl (C=O) groups excluding carboxylic acids is 2. The van der Waals surface area contributed by atoms with Crippen molar-refractivity contribution >= 4 is 132 Å². The van der Waals surface area contributed by atoms with E-state index in [4.69, 9.17) is 33.6 Å². The fourth-order valence-corrected chi connectivity index (χ4v) is 12.0. The highest BCUT2D eigenvalue weighted by Gasteiger charge is 2.30. The number of hydrogen-bond acceptors (Lipinski definition) is 13. The predicted molar refractivity (Wildman–Crippen MR) is 287 cm³/mol. The fourth-order valence-electron chi connectivity index (χ4n) is 7.27. The molecular formula is C52H45IN4O6S6. The van der Waals surface area contributed by atoms with E-state index in [1.165, 1.54) is 46.2 Å². The number of fused-ring (bicyclic) bond motifs is 4. The minimum absolute atomic E-state index is 0. The number of thiazole rings is 1. The monoisotopic (exact) mass is 1140 g/mol. The Hall–Kier alpha value is -5.54. The molecule has 4 aromatic carbocycles. The van der Waals surface area contributed by atoms with Gasteiger partial charge in [0.05, 0.1) is 31.3 Å². The molecule has 10 nitrogen and oxygen atoms in total. The van der Waals surface area contributed by atoms with Crippen LogP contribution in [0.25, 0.3) is 39.4 Å². The number of rotatable bonds is 8. The van der Waals surface area contributed by atoms with Gasteiger partial charge in [-0.15, -0.1) is 22.7 Å². The molecule has 3 aliphatic heterocycles. The molecule has 0 saturated carbocycles. The second-order valence-electron chi connectivity index (χ2n) is 15.2. The van der Waals surface area contributed by atoms with Gasteiger partial charge in [-0.2, -0.15) is 4.57 Å². The van der Waals surface area contributed by atoms with Crippen LogP contribution >= 0.6 is 70.6 Å². The van der Waals surface area contributed by atoms with Crippen LogP contribution in [0.1, 0.15) is 46.8 Å². The Bertz CT molecular complexity index is 3370. The molecule has 0 atom stereocenters. The van der Waals surface area contributed by atoms with E-state index in [1.807, 2.05) is 160 Å². The highest BCUT2D eigenvalue weighted by atomic mass is 127. The Morgan fingerprint density at radius 3 is 2.19 bits per heavy atom. The number of ether oxygens (including phenoxy) is 1. The van der Waals surface area contributed by atoms with Crippen molar-refractivity contribution in [2.24, 2.45) is 7.05 Å². The second-order valence-corrected chi connectivity index (χ2v) is 20.7. The predicted octanol–water partition coefficient (Wildman–Crippen LogP) is 10.3. The number of aryl methyl sites for hydroxylation is 1. The quantitative estimate of drug-likeness (QED) is 0.0657. The van der Waals surface area contributed by atoms with Crippen molar-refractivity contribution in [1.82, 2.24) is 9.47 Å². The maximum absolute atomic E-state index is 12.3. The number of ketones is 1. The Labute approximate surface area is 443 Å². The Morgan fingerprint density at radius 2 is 1.49 bits per heavy atom. The van der Waals surface area contributed by atoms with E-state index in [1.54, 1.807) is 27.7 Å². The van der Waals surface area contributed by atoms with E-state index in [0.717, 1.165) is 65.3 Å². The molecule has 0 bridgehead atoms. The number of likely N-dealkylation sites (N-methyl/N-ethyl adjacent to an activating group) is 1. The van der Waals surface area contributed by atoms with Crippen molar-refractivity contribution in [3.8, 4) is 17.4 Å². The first kappa shape index (κ1) is 51.3. The van der Waals surface area contributed by atoms with E-state index in [0.29, 0.717) is 41.8 Å². The molecule has 17 heteroatoms. The Morgan fingerprint density at radius 1 is 0.812 bits per heavy atom. The van der Waals surface area contributed by atoms with Gasteiger partial charge < -0.3 is 48.2 Å². The number of thiocarbonyl (C=S) groups is 1. The summed E-state index contributed by atoms with van der Waals surface area (Å²) in [4.78, 5) is 31.7. The molecule has 6 heterocycles. The minimum Gasteiger partial charge on any atom is -1.00 e. The molecule has 3 aromatic heterocycles. The summed E-state index contributed by atoms with van der Waals surface area (Å²) >= 11 is 16.0. The molecule has 69 heavy (non-hydrogen) atoms. The van der Waals surface area contributed by atoms with Crippen LogP contribution in [-0.4, -0.2) is 49.3 Å². The van der Waals surface area contributed by atoms with Crippen LogP contribution in [-0.2, 0) is 18.4 Å². The minimum atomic E-state index is -0.0693. The number of oxazole rings is 1. The number of aromatic hydroxyl groups is 2. The number of halogens is 1. The number of Topliss-reactive ketones (excluding diaryl/α,β-unsaturated/α-hetero) is 1. The zero-order valence-electron chi connectivity index (χ0n) is 37.9. The molecule has 1 amide bonds. The summed E-state index contributed by atoms with van der Waals surface area (Å²) in [5.41, 5.74) is 4.85. The molecule has 0 spiro atoms. The third-order valence-electron chi connectivity index (χ3n) is 10.8. The molecule has 0 unspecified atom stereocenters. The number of para-hydroxylation sites is 4. The van der Waals surface area contributed by atoms with Crippen LogP contribution in [0.3, 0.4) is 0 Å². The summed E-state index contributed by atoms with van der Waals surface area (Å²) in [6.45, 7) is 7.06. The third kappa shape index (κ3) is 11.2. The van der Waals surface area contributed by atoms with Gasteiger partial charge in [0, 0.05) is 52.8 Å². The lowest BCUT2D eigenvalue weighted by Crippen LogP contribution is -3.00.